The number of aryl methyl sites for hydroxylation is 2. The first kappa shape index (κ1) is 27.1. The number of alkyl halides is 1. The lowest BCUT2D eigenvalue weighted by Gasteiger charge is -2.37. The number of likely N-dealkylation sites (tertiary alicyclic amines) is 1. The maximum atomic E-state index is 15.4. The number of rotatable bonds is 12. The summed E-state index contributed by atoms with van der Waals surface area (Å²) in [5.41, 5.74) is 4.09. The van der Waals surface area contributed by atoms with E-state index in [-0.39, 0.29) is 5.92 Å². The number of fused-ring (bicyclic) bond motifs is 1. The molecule has 1 fully saturated rings. The molecule has 5 nitrogen and oxygen atoms in total. The minimum Gasteiger partial charge on any atom is -0.497 e. The number of ether oxygens (including phenoxy) is 1. The number of nitrogens with zero attached hydrogens (tertiary/aromatic N) is 2. The van der Waals surface area contributed by atoms with Gasteiger partial charge in [-0.15, -0.1) is 0 Å². The van der Waals surface area contributed by atoms with Crippen molar-refractivity contribution in [1.82, 2.24) is 9.88 Å². The van der Waals surface area contributed by atoms with Gasteiger partial charge in [0.15, 0.2) is 0 Å². The van der Waals surface area contributed by atoms with Gasteiger partial charge in [-0.05, 0) is 105 Å². The quantitative estimate of drug-likeness (QED) is 0.274. The molecule has 1 aliphatic heterocycles. The van der Waals surface area contributed by atoms with Crippen molar-refractivity contribution in [2.45, 2.75) is 58.0 Å². The van der Waals surface area contributed by atoms with Crippen molar-refractivity contribution >= 4 is 16.9 Å². The van der Waals surface area contributed by atoms with Gasteiger partial charge in [0.25, 0.3) is 0 Å². The SMILES string of the molecule is COc1ccc2nccc([C@@H](F)CC[C@@H]3CCN(CCCCCc4ccccc4C)C[C@@H]3C(=O)O)c2c1. The molecular weight excluding hydrogens is 467 g/mol. The molecule has 2 heterocycles. The monoisotopic (exact) mass is 506 g/mol. The van der Waals surface area contributed by atoms with Crippen molar-refractivity contribution in [2.75, 3.05) is 26.7 Å². The number of aromatic nitrogens is 1. The van der Waals surface area contributed by atoms with Crippen LogP contribution >= 0.6 is 0 Å². The molecule has 4 rings (SSSR count). The summed E-state index contributed by atoms with van der Waals surface area (Å²) < 4.78 is 20.7. The number of benzene rings is 2. The van der Waals surface area contributed by atoms with Crippen molar-refractivity contribution in [1.29, 1.82) is 0 Å². The average Bonchev–Trinajstić information content (AvgIpc) is 2.92. The van der Waals surface area contributed by atoms with Crippen LogP contribution in [0.15, 0.2) is 54.7 Å². The highest BCUT2D eigenvalue weighted by Crippen LogP contribution is 2.35. The number of piperidine rings is 1. The average molecular weight is 507 g/mol. The van der Waals surface area contributed by atoms with E-state index in [1.165, 1.54) is 11.1 Å². The molecule has 0 saturated carbocycles. The van der Waals surface area contributed by atoms with Crippen LogP contribution in [0, 0.1) is 18.8 Å². The molecule has 0 aliphatic carbocycles. The largest absolute Gasteiger partial charge is 0.497 e. The van der Waals surface area contributed by atoms with E-state index in [1.807, 2.05) is 18.2 Å². The van der Waals surface area contributed by atoms with Gasteiger partial charge < -0.3 is 14.7 Å². The molecule has 1 saturated heterocycles. The molecule has 6 heteroatoms. The lowest BCUT2D eigenvalue weighted by Crippen LogP contribution is -2.44. The second kappa shape index (κ2) is 13.0. The van der Waals surface area contributed by atoms with Crippen LogP contribution in [0.3, 0.4) is 0 Å². The van der Waals surface area contributed by atoms with E-state index < -0.39 is 18.1 Å². The maximum absolute atomic E-state index is 15.4. The van der Waals surface area contributed by atoms with Gasteiger partial charge in [0.05, 0.1) is 18.5 Å². The third-order valence-electron chi connectivity index (χ3n) is 7.95. The molecule has 1 aliphatic rings. The first-order valence-electron chi connectivity index (χ1n) is 13.5. The number of carboxylic acid groups (broad SMARTS) is 1. The Morgan fingerprint density at radius 2 is 2.03 bits per heavy atom. The van der Waals surface area contributed by atoms with Crippen molar-refractivity contribution in [3.8, 4) is 5.75 Å². The van der Waals surface area contributed by atoms with Crippen LogP contribution in [-0.4, -0.2) is 47.7 Å². The summed E-state index contributed by atoms with van der Waals surface area (Å²) in [7, 11) is 1.59. The standard InChI is InChI=1S/C31H39FN2O3/c1-22-8-5-6-10-23(22)9-4-3-7-18-34-19-16-24(28(21-34)31(35)36)11-13-29(32)26-15-17-33-30-14-12-25(37-2)20-27(26)30/h5-6,8,10,12,14-15,17,20,24,28-29H,3-4,7,9,11,13,16,18-19,21H2,1-2H3,(H,35,36)/t24-,28+,29+/m1/s1. The Hall–Kier alpha value is -2.99. The smallest absolute Gasteiger partial charge is 0.308 e. The van der Waals surface area contributed by atoms with Crippen LogP contribution < -0.4 is 4.74 Å². The fourth-order valence-corrected chi connectivity index (χ4v) is 5.68. The number of carbonyl (C=O) groups is 1. The summed E-state index contributed by atoms with van der Waals surface area (Å²) in [4.78, 5) is 18.7. The number of aliphatic carboxylic acids is 1. The normalized spacial score (nSPS) is 19.1. The molecule has 0 bridgehead atoms. The highest BCUT2D eigenvalue weighted by molar-refractivity contribution is 5.83. The minimum absolute atomic E-state index is 0.00399. The molecule has 0 amide bonds. The molecule has 3 atom stereocenters. The summed E-state index contributed by atoms with van der Waals surface area (Å²) >= 11 is 0. The van der Waals surface area contributed by atoms with Gasteiger partial charge in [-0.2, -0.15) is 0 Å². The van der Waals surface area contributed by atoms with E-state index >= 15 is 4.39 Å². The molecule has 198 valence electrons. The Morgan fingerprint density at radius 3 is 2.81 bits per heavy atom. The Kier molecular flexibility index (Phi) is 9.51. The van der Waals surface area contributed by atoms with E-state index in [0.717, 1.165) is 56.1 Å². The van der Waals surface area contributed by atoms with Gasteiger partial charge in [-0.1, -0.05) is 30.7 Å². The Labute approximate surface area is 219 Å². The van der Waals surface area contributed by atoms with Crippen molar-refractivity contribution < 1.29 is 19.0 Å². The lowest BCUT2D eigenvalue weighted by molar-refractivity contribution is -0.146. The van der Waals surface area contributed by atoms with E-state index in [4.69, 9.17) is 4.74 Å². The van der Waals surface area contributed by atoms with E-state index in [1.54, 1.807) is 19.4 Å². The number of carboxylic acids is 1. The maximum Gasteiger partial charge on any atom is 0.308 e. The summed E-state index contributed by atoms with van der Waals surface area (Å²) in [5.74, 6) is -0.538. The third-order valence-corrected chi connectivity index (χ3v) is 7.95. The molecule has 1 aromatic heterocycles. The third kappa shape index (κ3) is 7.07. The Morgan fingerprint density at radius 1 is 1.19 bits per heavy atom. The van der Waals surface area contributed by atoms with Gasteiger partial charge in [0.1, 0.15) is 11.9 Å². The number of hydrogen-bond acceptors (Lipinski definition) is 4. The summed E-state index contributed by atoms with van der Waals surface area (Å²) in [5, 5.41) is 10.7. The topological polar surface area (TPSA) is 62.7 Å². The Bertz CT molecular complexity index is 1180. The van der Waals surface area contributed by atoms with Crippen LogP contribution in [-0.2, 0) is 11.2 Å². The molecule has 37 heavy (non-hydrogen) atoms. The first-order valence-corrected chi connectivity index (χ1v) is 13.5. The van der Waals surface area contributed by atoms with E-state index in [2.05, 4.69) is 41.1 Å². The van der Waals surface area contributed by atoms with Crippen molar-refractivity contribution in [2.24, 2.45) is 11.8 Å². The van der Waals surface area contributed by atoms with Gasteiger partial charge in [-0.3, -0.25) is 9.78 Å². The molecule has 0 unspecified atom stereocenters. The van der Waals surface area contributed by atoms with Gasteiger partial charge in [0.2, 0.25) is 0 Å². The second-order valence-corrected chi connectivity index (χ2v) is 10.4. The highest BCUT2D eigenvalue weighted by atomic mass is 19.1. The molecule has 1 N–H and O–H groups in total. The predicted molar refractivity (Wildman–Crippen MR) is 146 cm³/mol. The van der Waals surface area contributed by atoms with Gasteiger partial charge in [-0.25, -0.2) is 4.39 Å². The number of pyridine rings is 1. The first-order chi connectivity index (χ1) is 18.0. The minimum atomic E-state index is -1.17. The number of halogens is 1. The zero-order valence-corrected chi connectivity index (χ0v) is 22.0. The van der Waals surface area contributed by atoms with Crippen LogP contribution in [0.5, 0.6) is 5.75 Å². The molecule has 2 aromatic carbocycles. The lowest BCUT2D eigenvalue weighted by atomic mass is 9.81. The molecule has 0 radical (unpaired) electrons. The zero-order valence-electron chi connectivity index (χ0n) is 22.0. The molecule has 3 aromatic rings. The summed E-state index contributed by atoms with van der Waals surface area (Å²) in [6, 6.07) is 15.7. The van der Waals surface area contributed by atoms with Gasteiger partial charge in [0, 0.05) is 18.1 Å². The van der Waals surface area contributed by atoms with E-state index in [9.17, 15) is 9.90 Å². The summed E-state index contributed by atoms with van der Waals surface area (Å²) in [6.45, 7) is 4.54. The highest BCUT2D eigenvalue weighted by Gasteiger charge is 2.34. The van der Waals surface area contributed by atoms with Crippen molar-refractivity contribution in [3.05, 3.63) is 71.4 Å². The predicted octanol–water partition coefficient (Wildman–Crippen LogP) is 6.78. The van der Waals surface area contributed by atoms with Crippen LogP contribution in [0.25, 0.3) is 10.9 Å². The van der Waals surface area contributed by atoms with Crippen LogP contribution in [0.1, 0.15) is 61.4 Å². The zero-order chi connectivity index (χ0) is 26.2. The van der Waals surface area contributed by atoms with Crippen LogP contribution in [0.2, 0.25) is 0 Å². The van der Waals surface area contributed by atoms with Crippen LogP contribution in [0.4, 0.5) is 4.39 Å². The number of methoxy groups -OCH3 is 1. The van der Waals surface area contributed by atoms with Gasteiger partial charge >= 0.3 is 5.97 Å². The number of hydrogen-bond donors (Lipinski definition) is 1. The Balaban J connectivity index is 1.26. The molecular formula is C31H39FN2O3. The number of unbranched alkanes of at least 4 members (excludes halogenated alkanes) is 2. The fraction of sp³-hybridized carbons (Fsp3) is 0.484. The summed E-state index contributed by atoms with van der Waals surface area (Å²) in [6.07, 6.45) is 6.61. The molecule has 0 spiro atoms. The second-order valence-electron chi connectivity index (χ2n) is 10.4. The fourth-order valence-electron chi connectivity index (χ4n) is 5.68. The van der Waals surface area contributed by atoms with E-state index in [0.29, 0.717) is 30.7 Å². The van der Waals surface area contributed by atoms with Crippen molar-refractivity contribution in [3.63, 3.8) is 0 Å².